The monoisotopic (exact) mass is 324 g/mol. The molecule has 0 aromatic heterocycles. The Hall–Kier alpha value is -0.860. The van der Waals surface area contributed by atoms with Crippen LogP contribution in [0.15, 0.2) is 17.0 Å². The number of nitrogen functional groups attached to an aromatic ring is 1. The molecule has 1 aromatic carbocycles. The Kier molecular flexibility index (Phi) is 6.70. The zero-order chi connectivity index (χ0) is 15.2. The summed E-state index contributed by atoms with van der Waals surface area (Å²) in [7, 11) is -4.19. The molecule has 114 valence electrons. The summed E-state index contributed by atoms with van der Waals surface area (Å²) in [6.07, 6.45) is 4.46. The number of unbranched alkanes of at least 4 members (excludes halogenated alkanes) is 2. The first-order chi connectivity index (χ1) is 9.38. The molecule has 0 amide bonds. The van der Waals surface area contributed by atoms with Gasteiger partial charge in [-0.1, -0.05) is 6.42 Å². The van der Waals surface area contributed by atoms with Crippen molar-refractivity contribution in [1.29, 1.82) is 0 Å². The standard InChI is InChI=1S/C12H18F2N2O2S2/c1-19-6-4-2-3-5-16-20(17,18)12-10(13)7-9(15)8-11(12)14/h7-8,16H,2-6,15H2,1H3. The second-order valence-corrected chi connectivity index (χ2v) is 6.95. The van der Waals surface area contributed by atoms with Crippen LogP contribution in [0.1, 0.15) is 19.3 Å². The first-order valence-corrected chi connectivity index (χ1v) is 8.99. The first kappa shape index (κ1) is 17.2. The largest absolute Gasteiger partial charge is 0.399 e. The van der Waals surface area contributed by atoms with Crippen molar-refractivity contribution < 1.29 is 17.2 Å². The second kappa shape index (κ2) is 7.80. The number of anilines is 1. The lowest BCUT2D eigenvalue weighted by Gasteiger charge is -2.09. The highest BCUT2D eigenvalue weighted by Gasteiger charge is 2.24. The third-order valence-corrected chi connectivity index (χ3v) is 4.82. The topological polar surface area (TPSA) is 72.2 Å². The highest BCUT2D eigenvalue weighted by Crippen LogP contribution is 2.21. The van der Waals surface area contributed by atoms with Gasteiger partial charge in [0.05, 0.1) is 0 Å². The average molecular weight is 324 g/mol. The lowest BCUT2D eigenvalue weighted by atomic mass is 10.2. The number of sulfonamides is 1. The molecule has 0 unspecified atom stereocenters. The van der Waals surface area contributed by atoms with E-state index in [-0.39, 0.29) is 12.2 Å². The number of halogens is 2. The summed E-state index contributed by atoms with van der Waals surface area (Å²) in [5, 5.41) is 0. The molecule has 0 spiro atoms. The van der Waals surface area contributed by atoms with Crippen molar-refractivity contribution in [3.63, 3.8) is 0 Å². The van der Waals surface area contributed by atoms with Crippen molar-refractivity contribution in [3.05, 3.63) is 23.8 Å². The minimum absolute atomic E-state index is 0.153. The van der Waals surface area contributed by atoms with E-state index in [1.807, 2.05) is 6.26 Å². The van der Waals surface area contributed by atoms with Gasteiger partial charge >= 0.3 is 0 Å². The van der Waals surface area contributed by atoms with Crippen molar-refractivity contribution in [1.82, 2.24) is 4.72 Å². The van der Waals surface area contributed by atoms with E-state index in [1.165, 1.54) is 0 Å². The predicted octanol–water partition coefficient (Wildman–Crippen LogP) is 2.36. The smallest absolute Gasteiger partial charge is 0.246 e. The van der Waals surface area contributed by atoms with Gasteiger partial charge in [-0.3, -0.25) is 0 Å². The Morgan fingerprint density at radius 1 is 1.20 bits per heavy atom. The number of benzene rings is 1. The summed E-state index contributed by atoms with van der Waals surface area (Å²) >= 11 is 1.72. The fourth-order valence-corrected chi connectivity index (χ4v) is 3.34. The van der Waals surface area contributed by atoms with Crippen molar-refractivity contribution in [2.75, 3.05) is 24.3 Å². The Balaban J connectivity index is 2.66. The van der Waals surface area contributed by atoms with Gasteiger partial charge in [0.25, 0.3) is 0 Å². The van der Waals surface area contributed by atoms with Gasteiger partial charge in [0, 0.05) is 12.2 Å². The molecule has 20 heavy (non-hydrogen) atoms. The van der Waals surface area contributed by atoms with E-state index in [0.717, 1.165) is 30.7 Å². The fraction of sp³-hybridized carbons (Fsp3) is 0.500. The van der Waals surface area contributed by atoms with E-state index in [2.05, 4.69) is 4.72 Å². The molecule has 1 rings (SSSR count). The van der Waals surface area contributed by atoms with Gasteiger partial charge in [-0.25, -0.2) is 21.9 Å². The minimum atomic E-state index is -4.19. The van der Waals surface area contributed by atoms with E-state index in [4.69, 9.17) is 5.73 Å². The third kappa shape index (κ3) is 4.92. The van der Waals surface area contributed by atoms with Gasteiger partial charge in [0.2, 0.25) is 10.0 Å². The quantitative estimate of drug-likeness (QED) is 0.569. The van der Waals surface area contributed by atoms with E-state index in [9.17, 15) is 17.2 Å². The lowest BCUT2D eigenvalue weighted by Crippen LogP contribution is -2.26. The normalized spacial score (nSPS) is 11.8. The molecule has 0 radical (unpaired) electrons. The molecule has 3 N–H and O–H groups in total. The maximum absolute atomic E-state index is 13.5. The highest BCUT2D eigenvalue weighted by molar-refractivity contribution is 7.98. The molecule has 0 saturated carbocycles. The van der Waals surface area contributed by atoms with Crippen LogP contribution in [0.25, 0.3) is 0 Å². The maximum atomic E-state index is 13.5. The molecular weight excluding hydrogens is 306 g/mol. The molecule has 0 atom stereocenters. The first-order valence-electron chi connectivity index (χ1n) is 6.11. The summed E-state index contributed by atoms with van der Waals surface area (Å²) in [6, 6.07) is 1.58. The van der Waals surface area contributed by atoms with Crippen molar-refractivity contribution in [2.24, 2.45) is 0 Å². The summed E-state index contributed by atoms with van der Waals surface area (Å²) in [4.78, 5) is -0.976. The molecule has 4 nitrogen and oxygen atoms in total. The molecule has 0 aliphatic carbocycles. The molecular formula is C12H18F2N2O2S2. The van der Waals surface area contributed by atoms with Crippen molar-refractivity contribution in [3.8, 4) is 0 Å². The molecule has 0 fully saturated rings. The van der Waals surface area contributed by atoms with Gasteiger partial charge in [-0.2, -0.15) is 11.8 Å². The Labute approximate surface area is 122 Å². The fourth-order valence-electron chi connectivity index (χ4n) is 1.66. The summed E-state index contributed by atoms with van der Waals surface area (Å²) < 4.78 is 53.0. The summed E-state index contributed by atoms with van der Waals surface area (Å²) in [6.45, 7) is 0.153. The predicted molar refractivity (Wildman–Crippen MR) is 78.2 cm³/mol. The molecule has 0 bridgehead atoms. The van der Waals surface area contributed by atoms with Crippen LogP contribution in [0.4, 0.5) is 14.5 Å². The van der Waals surface area contributed by atoms with Crippen LogP contribution in [0.3, 0.4) is 0 Å². The Morgan fingerprint density at radius 3 is 2.35 bits per heavy atom. The van der Waals surface area contributed by atoms with E-state index < -0.39 is 26.6 Å². The van der Waals surface area contributed by atoms with Crippen LogP contribution in [0.5, 0.6) is 0 Å². The maximum Gasteiger partial charge on any atom is 0.246 e. The number of nitrogens with one attached hydrogen (secondary N) is 1. The van der Waals surface area contributed by atoms with Gasteiger partial charge in [-0.15, -0.1) is 0 Å². The SMILES string of the molecule is CSCCCCCNS(=O)(=O)c1c(F)cc(N)cc1F. The van der Waals surface area contributed by atoms with Crippen molar-refractivity contribution in [2.45, 2.75) is 24.2 Å². The molecule has 1 aromatic rings. The van der Waals surface area contributed by atoms with E-state index in [1.54, 1.807) is 11.8 Å². The average Bonchev–Trinajstić information content (AvgIpc) is 2.31. The number of nitrogens with two attached hydrogens (primary N) is 1. The van der Waals surface area contributed by atoms with E-state index >= 15 is 0 Å². The van der Waals surface area contributed by atoms with Gasteiger partial charge in [0.15, 0.2) is 4.90 Å². The number of hydrogen-bond acceptors (Lipinski definition) is 4. The van der Waals surface area contributed by atoms with Crippen LogP contribution in [-0.4, -0.2) is 27.0 Å². The lowest BCUT2D eigenvalue weighted by molar-refractivity contribution is 0.513. The number of hydrogen-bond donors (Lipinski definition) is 2. The van der Waals surface area contributed by atoms with Crippen LogP contribution >= 0.6 is 11.8 Å². The Morgan fingerprint density at radius 2 is 1.80 bits per heavy atom. The van der Waals surface area contributed by atoms with Crippen LogP contribution in [0, 0.1) is 11.6 Å². The molecule has 0 aliphatic rings. The third-order valence-electron chi connectivity index (χ3n) is 2.61. The number of rotatable bonds is 8. The zero-order valence-corrected chi connectivity index (χ0v) is 12.8. The molecule has 0 aliphatic heterocycles. The minimum Gasteiger partial charge on any atom is -0.399 e. The number of thioether (sulfide) groups is 1. The van der Waals surface area contributed by atoms with Gasteiger partial charge < -0.3 is 5.73 Å². The van der Waals surface area contributed by atoms with E-state index in [0.29, 0.717) is 6.42 Å². The van der Waals surface area contributed by atoms with Crippen LogP contribution < -0.4 is 10.5 Å². The Bertz CT molecular complexity index is 527. The molecule has 8 heteroatoms. The van der Waals surface area contributed by atoms with Crippen molar-refractivity contribution >= 4 is 27.5 Å². The highest BCUT2D eigenvalue weighted by atomic mass is 32.2. The zero-order valence-electron chi connectivity index (χ0n) is 11.2. The second-order valence-electron chi connectivity index (χ2n) is 4.26. The van der Waals surface area contributed by atoms with Gasteiger partial charge in [0.1, 0.15) is 11.6 Å². The van der Waals surface area contributed by atoms with Crippen LogP contribution in [0.2, 0.25) is 0 Å². The van der Waals surface area contributed by atoms with Crippen LogP contribution in [-0.2, 0) is 10.0 Å². The molecule has 0 saturated heterocycles. The summed E-state index contributed by atoms with van der Waals surface area (Å²) in [5.41, 5.74) is 5.09. The summed E-state index contributed by atoms with van der Waals surface area (Å²) in [5.74, 6) is -1.36. The van der Waals surface area contributed by atoms with Gasteiger partial charge in [-0.05, 0) is 37.0 Å². The molecule has 0 heterocycles.